The minimum atomic E-state index is 0.131. The van der Waals surface area contributed by atoms with Crippen molar-refractivity contribution in [3.63, 3.8) is 0 Å². The van der Waals surface area contributed by atoms with E-state index < -0.39 is 0 Å². The standard InChI is InChI=1S/C16H21N3/c1-5-17-16(15-8-9-18-13(4)19-15)14-10-11(2)6-7-12(14)3/h6-10,16-17H,5H2,1-4H3. The van der Waals surface area contributed by atoms with E-state index in [1.165, 1.54) is 16.7 Å². The lowest BCUT2D eigenvalue weighted by Crippen LogP contribution is -2.24. The highest BCUT2D eigenvalue weighted by atomic mass is 15.0. The molecular weight excluding hydrogens is 234 g/mol. The van der Waals surface area contributed by atoms with Crippen molar-refractivity contribution in [2.45, 2.75) is 33.7 Å². The Morgan fingerprint density at radius 3 is 2.63 bits per heavy atom. The van der Waals surface area contributed by atoms with E-state index >= 15 is 0 Å². The SMILES string of the molecule is CCNC(c1ccnc(C)n1)c1cc(C)ccc1C. The Hall–Kier alpha value is -1.74. The minimum absolute atomic E-state index is 0.131. The molecule has 0 saturated carbocycles. The van der Waals surface area contributed by atoms with E-state index in [1.54, 1.807) is 0 Å². The molecule has 1 aromatic carbocycles. The molecule has 3 heteroatoms. The summed E-state index contributed by atoms with van der Waals surface area (Å²) in [6.45, 7) is 9.22. The van der Waals surface area contributed by atoms with Crippen LogP contribution in [0.5, 0.6) is 0 Å². The summed E-state index contributed by atoms with van der Waals surface area (Å²) in [4.78, 5) is 8.74. The van der Waals surface area contributed by atoms with Crippen molar-refractivity contribution in [2.75, 3.05) is 6.54 Å². The van der Waals surface area contributed by atoms with Gasteiger partial charge >= 0.3 is 0 Å². The molecule has 1 aromatic heterocycles. The van der Waals surface area contributed by atoms with Crippen LogP contribution in [0.2, 0.25) is 0 Å². The van der Waals surface area contributed by atoms with E-state index in [9.17, 15) is 0 Å². The molecule has 0 radical (unpaired) electrons. The molecule has 0 amide bonds. The van der Waals surface area contributed by atoms with Crippen molar-refractivity contribution in [3.8, 4) is 0 Å². The molecule has 0 aliphatic rings. The van der Waals surface area contributed by atoms with E-state index in [0.717, 1.165) is 18.1 Å². The lowest BCUT2D eigenvalue weighted by molar-refractivity contribution is 0.608. The van der Waals surface area contributed by atoms with Gasteiger partial charge in [-0.15, -0.1) is 0 Å². The minimum Gasteiger partial charge on any atom is -0.305 e. The Morgan fingerprint density at radius 1 is 1.16 bits per heavy atom. The van der Waals surface area contributed by atoms with Gasteiger partial charge in [0.15, 0.2) is 0 Å². The maximum absolute atomic E-state index is 4.57. The van der Waals surface area contributed by atoms with Gasteiger partial charge in [0.05, 0.1) is 11.7 Å². The molecule has 1 atom stereocenters. The maximum atomic E-state index is 4.57. The van der Waals surface area contributed by atoms with E-state index in [-0.39, 0.29) is 6.04 Å². The third kappa shape index (κ3) is 3.18. The Kier molecular flexibility index (Phi) is 4.27. The Bertz CT molecular complexity index is 564. The zero-order valence-corrected chi connectivity index (χ0v) is 12.1. The fourth-order valence-electron chi connectivity index (χ4n) is 2.28. The van der Waals surface area contributed by atoms with Crippen LogP contribution in [0.1, 0.15) is 41.2 Å². The molecule has 0 fully saturated rings. The second-order valence-corrected chi connectivity index (χ2v) is 4.88. The zero-order chi connectivity index (χ0) is 13.8. The van der Waals surface area contributed by atoms with Gasteiger partial charge in [0.1, 0.15) is 5.82 Å². The molecule has 1 heterocycles. The third-order valence-electron chi connectivity index (χ3n) is 3.25. The van der Waals surface area contributed by atoms with Crippen LogP contribution in [0.4, 0.5) is 0 Å². The van der Waals surface area contributed by atoms with Gasteiger partial charge in [-0.1, -0.05) is 30.7 Å². The van der Waals surface area contributed by atoms with Crippen LogP contribution in [0.3, 0.4) is 0 Å². The first-order valence-corrected chi connectivity index (χ1v) is 6.72. The first-order chi connectivity index (χ1) is 9.11. The number of rotatable bonds is 4. The van der Waals surface area contributed by atoms with Crippen molar-refractivity contribution >= 4 is 0 Å². The molecule has 1 N–H and O–H groups in total. The molecule has 3 nitrogen and oxygen atoms in total. The fourth-order valence-corrected chi connectivity index (χ4v) is 2.28. The second-order valence-electron chi connectivity index (χ2n) is 4.88. The number of benzene rings is 1. The van der Waals surface area contributed by atoms with Crippen LogP contribution in [0.25, 0.3) is 0 Å². The van der Waals surface area contributed by atoms with Crippen molar-refractivity contribution < 1.29 is 0 Å². The Morgan fingerprint density at radius 2 is 1.95 bits per heavy atom. The quantitative estimate of drug-likeness (QED) is 0.912. The predicted octanol–water partition coefficient (Wildman–Crippen LogP) is 3.10. The molecule has 0 saturated heterocycles. The number of nitrogens with one attached hydrogen (secondary N) is 1. The molecule has 19 heavy (non-hydrogen) atoms. The molecule has 2 rings (SSSR count). The van der Waals surface area contributed by atoms with Crippen molar-refractivity contribution in [1.29, 1.82) is 0 Å². The second kappa shape index (κ2) is 5.93. The smallest absolute Gasteiger partial charge is 0.125 e. The van der Waals surface area contributed by atoms with Gasteiger partial charge in [-0.05, 0) is 44.5 Å². The summed E-state index contributed by atoms with van der Waals surface area (Å²) >= 11 is 0. The first kappa shape index (κ1) is 13.7. The van der Waals surface area contributed by atoms with Crippen LogP contribution in [-0.2, 0) is 0 Å². The van der Waals surface area contributed by atoms with Crippen molar-refractivity contribution in [2.24, 2.45) is 0 Å². The summed E-state index contributed by atoms with van der Waals surface area (Å²) in [5.74, 6) is 0.811. The molecule has 0 aliphatic heterocycles. The average Bonchev–Trinajstić information content (AvgIpc) is 2.39. The summed E-state index contributed by atoms with van der Waals surface area (Å²) in [5, 5.41) is 3.52. The molecule has 1 unspecified atom stereocenters. The van der Waals surface area contributed by atoms with E-state index in [1.807, 2.05) is 19.2 Å². The van der Waals surface area contributed by atoms with Gasteiger partial charge in [-0.3, -0.25) is 0 Å². The number of nitrogens with zero attached hydrogens (tertiary/aromatic N) is 2. The van der Waals surface area contributed by atoms with Crippen LogP contribution in [-0.4, -0.2) is 16.5 Å². The van der Waals surface area contributed by atoms with Gasteiger partial charge in [-0.25, -0.2) is 9.97 Å². The van der Waals surface area contributed by atoms with Gasteiger partial charge in [-0.2, -0.15) is 0 Å². The van der Waals surface area contributed by atoms with Crippen LogP contribution < -0.4 is 5.32 Å². The fraction of sp³-hybridized carbons (Fsp3) is 0.375. The molecule has 0 bridgehead atoms. The molecule has 0 spiro atoms. The molecular formula is C16H21N3. The highest BCUT2D eigenvalue weighted by Gasteiger charge is 2.16. The van der Waals surface area contributed by atoms with Crippen molar-refractivity contribution in [1.82, 2.24) is 15.3 Å². The summed E-state index contributed by atoms with van der Waals surface area (Å²) in [6.07, 6.45) is 1.83. The average molecular weight is 255 g/mol. The van der Waals surface area contributed by atoms with Crippen LogP contribution in [0, 0.1) is 20.8 Å². The number of hydrogen-bond donors (Lipinski definition) is 1. The molecule has 100 valence electrons. The van der Waals surface area contributed by atoms with Gasteiger partial charge < -0.3 is 5.32 Å². The number of aromatic nitrogens is 2. The van der Waals surface area contributed by atoms with E-state index in [0.29, 0.717) is 0 Å². The summed E-state index contributed by atoms with van der Waals surface area (Å²) in [7, 11) is 0. The lowest BCUT2D eigenvalue weighted by Gasteiger charge is -2.20. The van der Waals surface area contributed by atoms with Gasteiger partial charge in [0.25, 0.3) is 0 Å². The summed E-state index contributed by atoms with van der Waals surface area (Å²) in [5.41, 5.74) is 4.88. The summed E-state index contributed by atoms with van der Waals surface area (Å²) < 4.78 is 0. The zero-order valence-electron chi connectivity index (χ0n) is 12.1. The Balaban J connectivity index is 2.48. The van der Waals surface area contributed by atoms with Gasteiger partial charge in [0.2, 0.25) is 0 Å². The largest absolute Gasteiger partial charge is 0.305 e. The normalized spacial score (nSPS) is 12.4. The molecule has 0 aliphatic carbocycles. The van der Waals surface area contributed by atoms with E-state index in [4.69, 9.17) is 0 Å². The van der Waals surface area contributed by atoms with Crippen LogP contribution >= 0.6 is 0 Å². The van der Waals surface area contributed by atoms with Crippen LogP contribution in [0.15, 0.2) is 30.5 Å². The third-order valence-corrected chi connectivity index (χ3v) is 3.25. The summed E-state index contributed by atoms with van der Waals surface area (Å²) in [6, 6.07) is 8.67. The first-order valence-electron chi connectivity index (χ1n) is 6.72. The lowest BCUT2D eigenvalue weighted by atomic mass is 9.96. The Labute approximate surface area is 115 Å². The predicted molar refractivity (Wildman–Crippen MR) is 78.2 cm³/mol. The van der Waals surface area contributed by atoms with Crippen molar-refractivity contribution in [3.05, 3.63) is 58.7 Å². The van der Waals surface area contributed by atoms with E-state index in [2.05, 4.69) is 54.3 Å². The molecule has 2 aromatic rings. The highest BCUT2D eigenvalue weighted by molar-refractivity contribution is 5.37. The topological polar surface area (TPSA) is 37.8 Å². The number of hydrogen-bond acceptors (Lipinski definition) is 3. The van der Waals surface area contributed by atoms with Gasteiger partial charge in [0, 0.05) is 6.20 Å². The number of aryl methyl sites for hydroxylation is 3. The highest BCUT2D eigenvalue weighted by Crippen LogP contribution is 2.24. The maximum Gasteiger partial charge on any atom is 0.125 e. The monoisotopic (exact) mass is 255 g/mol.